The molecule has 2 fully saturated rings. The Morgan fingerprint density at radius 1 is 0.615 bits per heavy atom. The molecule has 2 heterocycles. The zero-order valence-electron chi connectivity index (χ0n) is 43.3. The minimum atomic E-state index is -5.13. The average Bonchev–Trinajstić information content (AvgIpc) is 4.11. The maximum atomic E-state index is 13.6. The normalized spacial score (nSPS) is 17.4. The van der Waals surface area contributed by atoms with Crippen molar-refractivity contribution in [2.24, 2.45) is 11.8 Å². The molecular formula is C50H66N6O19S3. The standard InChI is InChI=1S/C25H33N3O11S2.C25H33N3O8S/c1-18(2)15-27(40(32,33)22-10-8-20(9-11-22)28(30)31)16-24(39-41(34,35)36)23(14-19-6-4-3-5-7-19)26-25(29)38-21-12-13-37-17-21;1-18(2)15-27(37(33,34)22-10-8-20(9-11-22)28(31)32)16-24(29)23(14-19-6-4-3-5-7-19)26-25(30)36-21-12-13-35-17-21/h3-11,18,21,23-24H,12-17H2,1-2H3,(H,26,29)(H,34,35,36);3-11,18,21,23-24,29H,12-17H2,1-2H3,(H,26,30)/t2*21-,23-,24+/m00/s1. The molecule has 25 nitrogen and oxygen atoms in total. The van der Waals surface area contributed by atoms with Gasteiger partial charge in [0.2, 0.25) is 20.0 Å². The van der Waals surface area contributed by atoms with E-state index < -0.39 is 89.4 Å². The SMILES string of the molecule is CC(C)CN(C[C@@H](O)[C@H](Cc1ccccc1)NC(=O)O[C@H]1CCOC1)S(=O)(=O)c1ccc([N+](=O)[O-])cc1.CC(C)CN(C[C@@H](OS(=O)(=O)O)[C@H](Cc1ccccc1)NC(=O)O[C@H]1CCOC1)S(=O)(=O)c1ccc([N+](=O)[O-])cc1. The zero-order chi connectivity index (χ0) is 57.2. The third-order valence-electron chi connectivity index (χ3n) is 12.0. The van der Waals surface area contributed by atoms with Crippen LogP contribution in [0.3, 0.4) is 0 Å². The minimum absolute atomic E-state index is 0.00953. The first-order valence-electron chi connectivity index (χ1n) is 24.8. The van der Waals surface area contributed by atoms with Crippen molar-refractivity contribution in [1.29, 1.82) is 0 Å². The van der Waals surface area contributed by atoms with E-state index in [0.29, 0.717) is 38.2 Å². The van der Waals surface area contributed by atoms with Gasteiger partial charge in [0.25, 0.3) is 11.4 Å². The van der Waals surface area contributed by atoms with Gasteiger partial charge in [-0.15, -0.1) is 0 Å². The monoisotopic (exact) mass is 1150 g/mol. The first-order valence-corrected chi connectivity index (χ1v) is 29.1. The van der Waals surface area contributed by atoms with Crippen LogP contribution < -0.4 is 10.6 Å². The van der Waals surface area contributed by atoms with Crippen molar-refractivity contribution in [2.45, 2.75) is 99.7 Å². The van der Waals surface area contributed by atoms with Crippen LogP contribution in [0.4, 0.5) is 21.0 Å². The molecule has 4 aromatic carbocycles. The lowest BCUT2D eigenvalue weighted by molar-refractivity contribution is -0.385. The number of nitrogens with one attached hydrogen (secondary N) is 2. The molecule has 0 radical (unpaired) electrons. The first kappa shape index (κ1) is 62.6. The van der Waals surface area contributed by atoms with E-state index >= 15 is 0 Å². The first-order chi connectivity index (χ1) is 36.8. The topological polar surface area (TPSA) is 340 Å². The lowest BCUT2D eigenvalue weighted by Crippen LogP contribution is -2.53. The Bertz CT molecular complexity index is 2910. The van der Waals surface area contributed by atoms with Crippen LogP contribution in [0.25, 0.3) is 0 Å². The number of alkyl carbamates (subject to hydrolysis) is 2. The molecule has 6 atom stereocenters. The number of aliphatic hydroxyl groups is 1. The Balaban J connectivity index is 0.000000289. The second kappa shape index (κ2) is 29.1. The number of hydrogen-bond donors (Lipinski definition) is 4. The lowest BCUT2D eigenvalue weighted by Gasteiger charge is -2.32. The zero-order valence-corrected chi connectivity index (χ0v) is 45.8. The van der Waals surface area contributed by atoms with Crippen molar-refractivity contribution < 1.29 is 77.5 Å². The van der Waals surface area contributed by atoms with Crippen LogP contribution in [0, 0.1) is 32.1 Å². The Morgan fingerprint density at radius 2 is 1.00 bits per heavy atom. The average molecular weight is 1150 g/mol. The molecular weight excluding hydrogens is 1080 g/mol. The van der Waals surface area contributed by atoms with E-state index in [4.69, 9.17) is 23.1 Å². The molecule has 2 aliphatic rings. The number of benzene rings is 4. The quantitative estimate of drug-likeness (QED) is 0.0353. The molecule has 6 rings (SSSR count). The number of sulfonamides is 2. The molecule has 0 saturated carbocycles. The second-order valence-electron chi connectivity index (χ2n) is 19.2. The van der Waals surface area contributed by atoms with Crippen LogP contribution in [0.1, 0.15) is 51.7 Å². The highest BCUT2D eigenvalue weighted by atomic mass is 32.3. The van der Waals surface area contributed by atoms with Crippen LogP contribution in [0.15, 0.2) is 119 Å². The molecule has 4 aromatic rings. The predicted octanol–water partition coefficient (Wildman–Crippen LogP) is 5.28. The van der Waals surface area contributed by atoms with Crippen LogP contribution in [0.2, 0.25) is 0 Å². The van der Waals surface area contributed by atoms with Crippen LogP contribution in [-0.2, 0) is 66.4 Å². The van der Waals surface area contributed by atoms with Crippen molar-refractivity contribution in [3.8, 4) is 0 Å². The van der Waals surface area contributed by atoms with Gasteiger partial charge in [-0.25, -0.2) is 30.6 Å². The Hall–Kier alpha value is -6.21. The summed E-state index contributed by atoms with van der Waals surface area (Å²) >= 11 is 0. The summed E-state index contributed by atoms with van der Waals surface area (Å²) in [6, 6.07) is 24.6. The van der Waals surface area contributed by atoms with Gasteiger partial charge in [-0.3, -0.25) is 24.8 Å². The van der Waals surface area contributed by atoms with Crippen LogP contribution >= 0.6 is 0 Å². The van der Waals surface area contributed by atoms with Crippen molar-refractivity contribution in [3.63, 3.8) is 0 Å². The van der Waals surface area contributed by atoms with Gasteiger partial charge in [-0.05, 0) is 60.1 Å². The number of ether oxygens (including phenoxy) is 4. The number of nitro benzene ring substituents is 2. The smallest absolute Gasteiger partial charge is 0.407 e. The second-order valence-corrected chi connectivity index (χ2v) is 24.2. The summed E-state index contributed by atoms with van der Waals surface area (Å²) in [6.07, 6.45) is -4.13. The largest absolute Gasteiger partial charge is 0.444 e. The van der Waals surface area contributed by atoms with E-state index in [-0.39, 0.29) is 78.2 Å². The van der Waals surface area contributed by atoms with Gasteiger partial charge in [-0.1, -0.05) is 88.4 Å². The van der Waals surface area contributed by atoms with Gasteiger partial charge in [0.1, 0.15) is 18.3 Å². The van der Waals surface area contributed by atoms with Crippen molar-refractivity contribution in [3.05, 3.63) is 141 Å². The van der Waals surface area contributed by atoms with Crippen LogP contribution in [-0.4, -0.2) is 155 Å². The van der Waals surface area contributed by atoms with Crippen LogP contribution in [0.5, 0.6) is 0 Å². The van der Waals surface area contributed by atoms with Gasteiger partial charge >= 0.3 is 22.6 Å². The molecule has 2 aliphatic heterocycles. The Labute approximate surface area is 453 Å². The highest BCUT2D eigenvalue weighted by Gasteiger charge is 2.37. The number of non-ortho nitro benzene ring substituents is 2. The molecule has 428 valence electrons. The summed E-state index contributed by atoms with van der Waals surface area (Å²) in [6.45, 7) is 7.62. The van der Waals surface area contributed by atoms with Crippen molar-refractivity contribution in [2.75, 3.05) is 52.6 Å². The number of rotatable bonds is 26. The number of nitrogens with zero attached hydrogens (tertiary/aromatic N) is 4. The molecule has 0 aromatic heterocycles. The van der Waals surface area contributed by atoms with E-state index in [0.717, 1.165) is 50.6 Å². The maximum absolute atomic E-state index is 13.6. The minimum Gasteiger partial charge on any atom is -0.444 e. The van der Waals surface area contributed by atoms with E-state index in [1.807, 2.05) is 44.2 Å². The fraction of sp³-hybridized carbons (Fsp3) is 0.480. The highest BCUT2D eigenvalue weighted by Crippen LogP contribution is 2.25. The molecule has 4 N–H and O–H groups in total. The fourth-order valence-electron chi connectivity index (χ4n) is 8.23. The van der Waals surface area contributed by atoms with E-state index in [2.05, 4.69) is 10.6 Å². The predicted molar refractivity (Wildman–Crippen MR) is 281 cm³/mol. The summed E-state index contributed by atoms with van der Waals surface area (Å²) in [5.41, 5.74) is 0.946. The number of nitro groups is 2. The fourth-order valence-corrected chi connectivity index (χ4v) is 12.0. The summed E-state index contributed by atoms with van der Waals surface area (Å²) in [4.78, 5) is 45.7. The lowest BCUT2D eigenvalue weighted by atomic mass is 10.0. The molecule has 2 amide bonds. The Morgan fingerprint density at radius 3 is 1.36 bits per heavy atom. The highest BCUT2D eigenvalue weighted by molar-refractivity contribution is 7.89. The number of hydrogen-bond acceptors (Lipinski definition) is 18. The van der Waals surface area contributed by atoms with E-state index in [9.17, 15) is 64.7 Å². The number of carbonyl (C=O) groups is 2. The molecule has 0 bridgehead atoms. The van der Waals surface area contributed by atoms with Gasteiger partial charge in [0.15, 0.2) is 0 Å². The summed E-state index contributed by atoms with van der Waals surface area (Å²) in [5, 5.41) is 38.5. The molecule has 0 spiro atoms. The number of amides is 2. The molecule has 2 saturated heterocycles. The van der Waals surface area contributed by atoms with E-state index in [1.165, 1.54) is 12.1 Å². The molecule has 0 unspecified atom stereocenters. The Kier molecular flexibility index (Phi) is 23.4. The van der Waals surface area contributed by atoms with Gasteiger partial charge in [0, 0.05) is 63.3 Å². The third kappa shape index (κ3) is 19.9. The van der Waals surface area contributed by atoms with Gasteiger partial charge in [0.05, 0.1) is 64.3 Å². The maximum Gasteiger partial charge on any atom is 0.407 e. The number of carbonyl (C=O) groups excluding carboxylic acids is 2. The number of aliphatic hydroxyl groups excluding tert-OH is 1. The van der Waals surface area contributed by atoms with Gasteiger partial charge in [-0.2, -0.15) is 17.0 Å². The summed E-state index contributed by atoms with van der Waals surface area (Å²) < 4.78 is 116. The van der Waals surface area contributed by atoms with Crippen molar-refractivity contribution >= 4 is 54.0 Å². The van der Waals surface area contributed by atoms with Gasteiger partial charge < -0.3 is 34.7 Å². The molecule has 78 heavy (non-hydrogen) atoms. The van der Waals surface area contributed by atoms with E-state index in [1.54, 1.807) is 44.2 Å². The summed E-state index contributed by atoms with van der Waals surface area (Å²) in [5.74, 6) is -0.324. The molecule has 0 aliphatic carbocycles. The molecule has 28 heteroatoms. The third-order valence-corrected chi connectivity index (χ3v) is 16.1. The summed E-state index contributed by atoms with van der Waals surface area (Å²) in [7, 11) is -13.6. The van der Waals surface area contributed by atoms with Crippen molar-refractivity contribution in [1.82, 2.24) is 19.2 Å².